The first-order chi connectivity index (χ1) is 6.76. The zero-order chi connectivity index (χ0) is 10.0. The highest BCUT2D eigenvalue weighted by atomic mass is 16.3. The Morgan fingerprint density at radius 2 is 2.43 bits per heavy atom. The van der Waals surface area contributed by atoms with Gasteiger partial charge in [0.2, 0.25) is 0 Å². The lowest BCUT2D eigenvalue weighted by molar-refractivity contribution is 0.0809. The summed E-state index contributed by atoms with van der Waals surface area (Å²) in [6, 6.07) is 3.35. The van der Waals surface area contributed by atoms with Crippen molar-refractivity contribution in [2.45, 2.75) is 24.8 Å². The zero-order valence-corrected chi connectivity index (χ0v) is 7.95. The third-order valence-corrected chi connectivity index (χ3v) is 2.83. The predicted molar refractivity (Wildman–Crippen MR) is 51.8 cm³/mol. The number of amides is 1. The van der Waals surface area contributed by atoms with E-state index < -0.39 is 0 Å². The number of furan rings is 1. The van der Waals surface area contributed by atoms with Crippen LogP contribution in [0.25, 0.3) is 0 Å². The van der Waals surface area contributed by atoms with Crippen LogP contribution < -0.4 is 11.1 Å². The van der Waals surface area contributed by atoms with Gasteiger partial charge >= 0.3 is 0 Å². The first kappa shape index (κ1) is 9.27. The lowest BCUT2D eigenvalue weighted by Gasteiger charge is -2.41. The molecule has 0 aromatic carbocycles. The Bertz CT molecular complexity index is 309. The van der Waals surface area contributed by atoms with Crippen LogP contribution in [0.1, 0.15) is 29.8 Å². The van der Waals surface area contributed by atoms with Crippen molar-refractivity contribution < 1.29 is 9.21 Å². The minimum atomic E-state index is -0.177. The summed E-state index contributed by atoms with van der Waals surface area (Å²) in [5.41, 5.74) is 5.45. The van der Waals surface area contributed by atoms with Crippen LogP contribution in [0.3, 0.4) is 0 Å². The zero-order valence-electron chi connectivity index (χ0n) is 7.95. The average Bonchev–Trinajstić information content (AvgIpc) is 2.63. The largest absolute Gasteiger partial charge is 0.459 e. The summed E-state index contributed by atoms with van der Waals surface area (Å²) < 4.78 is 5.00. The Labute approximate surface area is 82.5 Å². The fourth-order valence-electron chi connectivity index (χ4n) is 1.69. The number of carbonyl (C=O) groups is 1. The lowest BCUT2D eigenvalue weighted by atomic mass is 9.77. The summed E-state index contributed by atoms with van der Waals surface area (Å²) in [7, 11) is 0. The maximum absolute atomic E-state index is 11.6. The minimum Gasteiger partial charge on any atom is -0.459 e. The van der Waals surface area contributed by atoms with Crippen LogP contribution in [-0.4, -0.2) is 18.0 Å². The van der Waals surface area contributed by atoms with Gasteiger partial charge in [-0.1, -0.05) is 0 Å². The molecular formula is C10H14N2O2. The van der Waals surface area contributed by atoms with E-state index in [9.17, 15) is 4.79 Å². The maximum Gasteiger partial charge on any atom is 0.287 e. The van der Waals surface area contributed by atoms with Gasteiger partial charge in [0.1, 0.15) is 0 Å². The van der Waals surface area contributed by atoms with Gasteiger partial charge in [-0.15, -0.1) is 0 Å². The number of carbonyl (C=O) groups excluding carboxylic acids is 1. The van der Waals surface area contributed by atoms with E-state index in [1.807, 2.05) is 0 Å². The first-order valence-electron chi connectivity index (χ1n) is 4.82. The Kier molecular flexibility index (Phi) is 2.29. The van der Waals surface area contributed by atoms with E-state index in [4.69, 9.17) is 10.2 Å². The van der Waals surface area contributed by atoms with Crippen molar-refractivity contribution in [1.82, 2.24) is 5.32 Å². The molecule has 1 aromatic rings. The molecule has 0 radical (unpaired) electrons. The predicted octanol–water partition coefficient (Wildman–Crippen LogP) is 0.891. The van der Waals surface area contributed by atoms with Gasteiger partial charge < -0.3 is 15.5 Å². The molecule has 1 aromatic heterocycles. The topological polar surface area (TPSA) is 68.3 Å². The first-order valence-corrected chi connectivity index (χ1v) is 4.82. The third-order valence-electron chi connectivity index (χ3n) is 2.83. The number of nitrogens with two attached hydrogens (primary N) is 1. The van der Waals surface area contributed by atoms with Gasteiger partial charge in [-0.3, -0.25) is 4.79 Å². The lowest BCUT2D eigenvalue weighted by Crippen LogP contribution is -2.58. The molecule has 1 heterocycles. The van der Waals surface area contributed by atoms with Crippen LogP contribution >= 0.6 is 0 Å². The van der Waals surface area contributed by atoms with Crippen LogP contribution in [0.2, 0.25) is 0 Å². The quantitative estimate of drug-likeness (QED) is 0.750. The highest BCUT2D eigenvalue weighted by Crippen LogP contribution is 2.30. The van der Waals surface area contributed by atoms with Crippen LogP contribution in [0, 0.1) is 0 Å². The van der Waals surface area contributed by atoms with Crippen molar-refractivity contribution >= 4 is 5.91 Å². The molecule has 3 N–H and O–H groups in total. The second-order valence-corrected chi connectivity index (χ2v) is 3.77. The van der Waals surface area contributed by atoms with Crippen LogP contribution in [0.4, 0.5) is 0 Å². The fraction of sp³-hybridized carbons (Fsp3) is 0.500. The molecule has 0 saturated heterocycles. The molecule has 1 fully saturated rings. The van der Waals surface area contributed by atoms with Crippen LogP contribution in [-0.2, 0) is 0 Å². The van der Waals surface area contributed by atoms with E-state index in [0.29, 0.717) is 12.3 Å². The van der Waals surface area contributed by atoms with E-state index in [1.165, 1.54) is 6.26 Å². The van der Waals surface area contributed by atoms with Crippen molar-refractivity contribution in [3.05, 3.63) is 24.2 Å². The SMILES string of the molecule is NCC1(NC(=O)c2ccco2)CCC1. The fourth-order valence-corrected chi connectivity index (χ4v) is 1.69. The van der Waals surface area contributed by atoms with E-state index in [1.54, 1.807) is 12.1 Å². The van der Waals surface area contributed by atoms with Crippen LogP contribution in [0.5, 0.6) is 0 Å². The van der Waals surface area contributed by atoms with Gasteiger partial charge in [0.05, 0.1) is 11.8 Å². The Balaban J connectivity index is 2.01. The van der Waals surface area contributed by atoms with E-state index in [0.717, 1.165) is 19.3 Å². The van der Waals surface area contributed by atoms with Crippen molar-refractivity contribution in [2.24, 2.45) is 5.73 Å². The average molecular weight is 194 g/mol. The highest BCUT2D eigenvalue weighted by molar-refractivity contribution is 5.92. The van der Waals surface area contributed by atoms with Crippen LogP contribution in [0.15, 0.2) is 22.8 Å². The summed E-state index contributed by atoms with van der Waals surface area (Å²) in [5, 5.41) is 2.92. The number of hydrogen-bond acceptors (Lipinski definition) is 3. The summed E-state index contributed by atoms with van der Waals surface area (Å²) in [6.07, 6.45) is 4.56. The number of hydrogen-bond donors (Lipinski definition) is 2. The molecule has 1 aliphatic rings. The van der Waals surface area contributed by atoms with E-state index in [2.05, 4.69) is 5.32 Å². The second-order valence-electron chi connectivity index (χ2n) is 3.77. The summed E-state index contributed by atoms with van der Waals surface area (Å²) in [4.78, 5) is 11.6. The molecule has 0 aliphatic heterocycles. The molecule has 1 aliphatic carbocycles. The van der Waals surface area contributed by atoms with Gasteiger partial charge in [0.15, 0.2) is 5.76 Å². The Hall–Kier alpha value is -1.29. The van der Waals surface area contributed by atoms with Gasteiger partial charge in [-0.2, -0.15) is 0 Å². The van der Waals surface area contributed by atoms with Gasteiger partial charge in [0.25, 0.3) is 5.91 Å². The molecule has 4 nitrogen and oxygen atoms in total. The molecule has 1 saturated carbocycles. The smallest absolute Gasteiger partial charge is 0.287 e. The van der Waals surface area contributed by atoms with Crippen molar-refractivity contribution in [2.75, 3.05) is 6.54 Å². The molecule has 4 heteroatoms. The maximum atomic E-state index is 11.6. The summed E-state index contributed by atoms with van der Waals surface area (Å²) >= 11 is 0. The molecule has 76 valence electrons. The molecule has 2 rings (SSSR count). The summed E-state index contributed by atoms with van der Waals surface area (Å²) in [6.45, 7) is 0.499. The molecule has 1 amide bonds. The molecular weight excluding hydrogens is 180 g/mol. The Morgan fingerprint density at radius 3 is 2.86 bits per heavy atom. The normalized spacial score (nSPS) is 18.6. The van der Waals surface area contributed by atoms with Crippen molar-refractivity contribution in [1.29, 1.82) is 0 Å². The molecule has 0 unspecified atom stereocenters. The Morgan fingerprint density at radius 1 is 1.64 bits per heavy atom. The molecule has 0 spiro atoms. The third kappa shape index (κ3) is 1.53. The summed E-state index contributed by atoms with van der Waals surface area (Å²) in [5.74, 6) is 0.185. The van der Waals surface area contributed by atoms with Gasteiger partial charge in [-0.25, -0.2) is 0 Å². The highest BCUT2D eigenvalue weighted by Gasteiger charge is 2.37. The molecule has 14 heavy (non-hydrogen) atoms. The van der Waals surface area contributed by atoms with Crippen molar-refractivity contribution in [3.63, 3.8) is 0 Å². The molecule has 0 bridgehead atoms. The monoisotopic (exact) mass is 194 g/mol. The number of rotatable bonds is 3. The standard InChI is InChI=1S/C10H14N2O2/c11-7-10(4-2-5-10)12-9(13)8-3-1-6-14-8/h1,3,6H,2,4-5,7,11H2,(H,12,13). The van der Waals surface area contributed by atoms with Gasteiger partial charge in [0, 0.05) is 6.54 Å². The van der Waals surface area contributed by atoms with E-state index >= 15 is 0 Å². The second kappa shape index (κ2) is 3.46. The van der Waals surface area contributed by atoms with Gasteiger partial charge in [-0.05, 0) is 31.4 Å². The number of nitrogens with one attached hydrogen (secondary N) is 1. The van der Waals surface area contributed by atoms with Crippen molar-refractivity contribution in [3.8, 4) is 0 Å². The van der Waals surface area contributed by atoms with E-state index in [-0.39, 0.29) is 11.4 Å². The molecule has 0 atom stereocenters. The minimum absolute atomic E-state index is 0.167.